The summed E-state index contributed by atoms with van der Waals surface area (Å²) in [5, 5.41) is 0. The van der Waals surface area contributed by atoms with Gasteiger partial charge in [-0.3, -0.25) is 9.98 Å². The lowest BCUT2D eigenvalue weighted by molar-refractivity contribution is 0.380. The molecule has 2 heterocycles. The average molecular weight is 201 g/mol. The summed E-state index contributed by atoms with van der Waals surface area (Å²) >= 11 is 0. The molecule has 3 heteroatoms. The van der Waals surface area contributed by atoms with E-state index in [1.54, 1.807) is 0 Å². The van der Waals surface area contributed by atoms with Gasteiger partial charge in [0.1, 0.15) is 6.17 Å². The summed E-state index contributed by atoms with van der Waals surface area (Å²) < 4.78 is 0. The van der Waals surface area contributed by atoms with Crippen molar-refractivity contribution in [2.75, 3.05) is 7.05 Å². The topological polar surface area (TPSA) is 28.0 Å². The third-order valence-electron chi connectivity index (χ3n) is 2.46. The third-order valence-corrected chi connectivity index (χ3v) is 2.46. The Morgan fingerprint density at radius 2 is 2.33 bits per heavy atom. The fourth-order valence-electron chi connectivity index (χ4n) is 1.69. The predicted molar refractivity (Wildman–Crippen MR) is 64.1 cm³/mol. The number of likely N-dealkylation sites (N-methyl/N-ethyl adjacent to an activating group) is 1. The highest BCUT2D eigenvalue weighted by Gasteiger charge is 2.15. The van der Waals surface area contributed by atoms with Gasteiger partial charge >= 0.3 is 0 Å². The molecule has 1 atom stereocenters. The molecule has 0 aliphatic carbocycles. The lowest BCUT2D eigenvalue weighted by Crippen LogP contribution is -2.26. The predicted octanol–water partition coefficient (Wildman–Crippen LogP) is 2.15. The van der Waals surface area contributed by atoms with Crippen molar-refractivity contribution in [1.29, 1.82) is 0 Å². The maximum absolute atomic E-state index is 4.54. The van der Waals surface area contributed by atoms with Gasteiger partial charge in [-0.2, -0.15) is 0 Å². The van der Waals surface area contributed by atoms with Crippen LogP contribution in [0.5, 0.6) is 0 Å². The molecule has 0 saturated heterocycles. The van der Waals surface area contributed by atoms with E-state index in [4.69, 9.17) is 0 Å². The second-order valence-corrected chi connectivity index (χ2v) is 3.61. The molecule has 0 saturated carbocycles. The summed E-state index contributed by atoms with van der Waals surface area (Å²) in [5.74, 6) is 0. The van der Waals surface area contributed by atoms with E-state index in [9.17, 15) is 0 Å². The highest BCUT2D eigenvalue weighted by atomic mass is 15.2. The van der Waals surface area contributed by atoms with E-state index in [-0.39, 0.29) is 6.17 Å². The van der Waals surface area contributed by atoms with Crippen LogP contribution in [0.15, 0.2) is 46.2 Å². The van der Waals surface area contributed by atoms with Gasteiger partial charge in [0.2, 0.25) is 0 Å². The van der Waals surface area contributed by atoms with Crippen LogP contribution in [0.1, 0.15) is 12.8 Å². The van der Waals surface area contributed by atoms with Crippen molar-refractivity contribution < 1.29 is 0 Å². The monoisotopic (exact) mass is 201 g/mol. The van der Waals surface area contributed by atoms with Crippen LogP contribution in [0, 0.1) is 0 Å². The Morgan fingerprint density at radius 1 is 1.40 bits per heavy atom. The summed E-state index contributed by atoms with van der Waals surface area (Å²) in [7, 11) is 2.05. The highest BCUT2D eigenvalue weighted by molar-refractivity contribution is 5.65. The zero-order valence-electron chi connectivity index (χ0n) is 8.87. The first-order valence-electron chi connectivity index (χ1n) is 5.15. The zero-order chi connectivity index (χ0) is 10.5. The van der Waals surface area contributed by atoms with Crippen molar-refractivity contribution >= 4 is 12.4 Å². The van der Waals surface area contributed by atoms with E-state index in [0.717, 1.165) is 12.8 Å². The Bertz CT molecular complexity index is 361. The normalized spacial score (nSPS) is 25.0. The van der Waals surface area contributed by atoms with Crippen LogP contribution in [0.25, 0.3) is 0 Å². The number of hydrogen-bond donors (Lipinski definition) is 0. The smallest absolute Gasteiger partial charge is 0.142 e. The minimum atomic E-state index is 0.123. The van der Waals surface area contributed by atoms with E-state index >= 15 is 0 Å². The van der Waals surface area contributed by atoms with Gasteiger partial charge in [-0.1, -0.05) is 12.2 Å². The molecule has 0 fully saturated rings. The molecule has 0 spiro atoms. The van der Waals surface area contributed by atoms with E-state index in [2.05, 4.69) is 40.3 Å². The molecule has 1 unspecified atom stereocenters. The molecule has 0 radical (unpaired) electrons. The molecular formula is C12H15N3. The Labute approximate surface area is 90.2 Å². The molecule has 78 valence electrons. The molecular weight excluding hydrogens is 186 g/mol. The van der Waals surface area contributed by atoms with Crippen LogP contribution in [-0.4, -0.2) is 30.5 Å². The van der Waals surface area contributed by atoms with Crippen LogP contribution in [0.2, 0.25) is 0 Å². The molecule has 0 bridgehead atoms. The second kappa shape index (κ2) is 4.73. The summed E-state index contributed by atoms with van der Waals surface area (Å²) in [6.45, 7) is 0. The molecule has 2 aliphatic rings. The minimum absolute atomic E-state index is 0.123. The quantitative estimate of drug-likeness (QED) is 0.638. The van der Waals surface area contributed by atoms with Crippen LogP contribution >= 0.6 is 0 Å². The molecule has 2 rings (SSSR count). The van der Waals surface area contributed by atoms with Crippen LogP contribution in [-0.2, 0) is 0 Å². The number of hydrogen-bond acceptors (Lipinski definition) is 3. The number of aliphatic imine (C=N–C) groups is 2. The summed E-state index contributed by atoms with van der Waals surface area (Å²) in [6.07, 6.45) is 15.9. The van der Waals surface area contributed by atoms with Gasteiger partial charge in [-0.15, -0.1) is 0 Å². The Hall–Kier alpha value is -1.64. The summed E-state index contributed by atoms with van der Waals surface area (Å²) in [6, 6.07) is 0. The average Bonchev–Trinajstić information content (AvgIpc) is 2.59. The van der Waals surface area contributed by atoms with Gasteiger partial charge in [0.15, 0.2) is 0 Å². The van der Waals surface area contributed by atoms with Crippen LogP contribution in [0.4, 0.5) is 0 Å². The molecule has 0 aromatic heterocycles. The van der Waals surface area contributed by atoms with E-state index in [1.165, 1.54) is 5.57 Å². The van der Waals surface area contributed by atoms with E-state index in [1.807, 2.05) is 24.7 Å². The summed E-state index contributed by atoms with van der Waals surface area (Å²) in [5.41, 5.74) is 1.28. The van der Waals surface area contributed by atoms with Gasteiger partial charge in [0, 0.05) is 38.5 Å². The first-order chi connectivity index (χ1) is 7.38. The standard InChI is InChI=1S/C12H15N3/c1-15-10-3-2-8-14-12(15)11-5-4-7-13-9-6-11/h3-5,7-10,12H,2,6H2,1H3. The Morgan fingerprint density at radius 3 is 3.27 bits per heavy atom. The fraction of sp³-hybridized carbons (Fsp3) is 0.333. The number of rotatable bonds is 1. The van der Waals surface area contributed by atoms with E-state index < -0.39 is 0 Å². The van der Waals surface area contributed by atoms with Crippen molar-refractivity contribution in [2.24, 2.45) is 9.98 Å². The number of nitrogens with zero attached hydrogens (tertiary/aromatic N) is 3. The molecule has 0 aromatic rings. The molecule has 0 aromatic carbocycles. The van der Waals surface area contributed by atoms with Crippen LogP contribution < -0.4 is 0 Å². The number of allylic oxidation sites excluding steroid dienone is 3. The Balaban J connectivity index is 2.21. The van der Waals surface area contributed by atoms with Crippen molar-refractivity contribution in [3.8, 4) is 0 Å². The first kappa shape index (κ1) is 9.90. The molecule has 0 N–H and O–H groups in total. The lowest BCUT2D eigenvalue weighted by atomic mass is 10.1. The van der Waals surface area contributed by atoms with Gasteiger partial charge < -0.3 is 4.90 Å². The van der Waals surface area contributed by atoms with Crippen molar-refractivity contribution in [1.82, 2.24) is 4.90 Å². The van der Waals surface area contributed by atoms with Crippen LogP contribution in [0.3, 0.4) is 0 Å². The molecule has 15 heavy (non-hydrogen) atoms. The lowest BCUT2D eigenvalue weighted by Gasteiger charge is -2.24. The van der Waals surface area contributed by atoms with Gasteiger partial charge in [0.25, 0.3) is 0 Å². The summed E-state index contributed by atoms with van der Waals surface area (Å²) in [4.78, 5) is 10.8. The SMILES string of the molecule is CN1C=CCC=NC1C1=CC=CN=CC1. The van der Waals surface area contributed by atoms with Gasteiger partial charge in [-0.05, 0) is 17.8 Å². The molecule has 2 aliphatic heterocycles. The largest absolute Gasteiger partial charge is 0.356 e. The van der Waals surface area contributed by atoms with Crippen molar-refractivity contribution in [3.63, 3.8) is 0 Å². The highest BCUT2D eigenvalue weighted by Crippen LogP contribution is 2.17. The second-order valence-electron chi connectivity index (χ2n) is 3.61. The zero-order valence-corrected chi connectivity index (χ0v) is 8.87. The molecule has 3 nitrogen and oxygen atoms in total. The minimum Gasteiger partial charge on any atom is -0.356 e. The van der Waals surface area contributed by atoms with E-state index in [0.29, 0.717) is 0 Å². The fourth-order valence-corrected chi connectivity index (χ4v) is 1.69. The van der Waals surface area contributed by atoms with Crippen molar-refractivity contribution in [2.45, 2.75) is 19.0 Å². The third kappa shape index (κ3) is 2.43. The molecule has 0 amide bonds. The maximum atomic E-state index is 4.54. The van der Waals surface area contributed by atoms with Crippen molar-refractivity contribution in [3.05, 3.63) is 36.2 Å². The maximum Gasteiger partial charge on any atom is 0.142 e. The first-order valence-corrected chi connectivity index (χ1v) is 5.15. The Kier molecular flexibility index (Phi) is 3.12. The van der Waals surface area contributed by atoms with Gasteiger partial charge in [-0.25, -0.2) is 0 Å². The van der Waals surface area contributed by atoms with Gasteiger partial charge in [0.05, 0.1) is 0 Å².